The van der Waals surface area contributed by atoms with E-state index in [1.807, 2.05) is 44.2 Å². The Bertz CT molecular complexity index is 676. The number of hydrogen-bond donors (Lipinski definition) is 2. The molecule has 0 radical (unpaired) electrons. The number of nitrogens with zero attached hydrogens (tertiary/aromatic N) is 1. The van der Waals surface area contributed by atoms with Crippen LogP contribution in [-0.2, 0) is 9.59 Å². The summed E-state index contributed by atoms with van der Waals surface area (Å²) in [5.41, 5.74) is 0.158. The van der Waals surface area contributed by atoms with E-state index in [4.69, 9.17) is 0 Å². The zero-order valence-electron chi connectivity index (χ0n) is 14.7. The van der Waals surface area contributed by atoms with Gasteiger partial charge in [0.1, 0.15) is 12.1 Å². The van der Waals surface area contributed by atoms with Crippen molar-refractivity contribution < 1.29 is 14.4 Å². The van der Waals surface area contributed by atoms with Crippen LogP contribution in [0.4, 0.5) is 4.79 Å². The van der Waals surface area contributed by atoms with Crippen molar-refractivity contribution in [3.8, 4) is 0 Å². The smallest absolute Gasteiger partial charge is 0.325 e. The molecule has 25 heavy (non-hydrogen) atoms. The largest absolute Gasteiger partial charge is 0.348 e. The van der Waals surface area contributed by atoms with Crippen LogP contribution in [0.2, 0.25) is 0 Å². The minimum absolute atomic E-state index is 0.0917. The Hall–Kier alpha value is -2.37. The number of carbonyl (C=O) groups excluding carboxylic acids is 3. The minimum Gasteiger partial charge on any atom is -0.348 e. The Morgan fingerprint density at radius 2 is 2.04 bits per heavy atom. The van der Waals surface area contributed by atoms with Gasteiger partial charge in [-0.2, -0.15) is 0 Å². The van der Waals surface area contributed by atoms with Crippen LogP contribution >= 0.6 is 0 Å². The predicted octanol–water partition coefficient (Wildman–Crippen LogP) is 2.36. The fraction of sp³-hybridized carbons (Fsp3) is 0.526. The van der Waals surface area contributed by atoms with Gasteiger partial charge in [-0.3, -0.25) is 14.5 Å². The van der Waals surface area contributed by atoms with Gasteiger partial charge in [-0.05, 0) is 31.2 Å². The van der Waals surface area contributed by atoms with E-state index >= 15 is 0 Å². The fourth-order valence-electron chi connectivity index (χ4n) is 3.89. The average molecular weight is 343 g/mol. The Morgan fingerprint density at radius 1 is 1.32 bits per heavy atom. The van der Waals surface area contributed by atoms with E-state index in [2.05, 4.69) is 10.6 Å². The zero-order chi connectivity index (χ0) is 18.0. The maximum atomic E-state index is 12.9. The van der Waals surface area contributed by atoms with Gasteiger partial charge in [0.05, 0.1) is 6.04 Å². The molecular weight excluding hydrogens is 318 g/mol. The molecule has 0 bridgehead atoms. The first kappa shape index (κ1) is 17.5. The lowest BCUT2D eigenvalue weighted by molar-refractivity contribution is -0.137. The van der Waals surface area contributed by atoms with E-state index in [-0.39, 0.29) is 30.3 Å². The SMILES string of the molecule is C[C@H](NC(=O)CN1C(=O)N[C@@]2(CCCC[C@@H]2C)C1=O)c1ccccc1. The molecule has 1 aliphatic heterocycles. The molecule has 6 heteroatoms. The molecule has 1 aromatic carbocycles. The van der Waals surface area contributed by atoms with Gasteiger partial charge >= 0.3 is 6.03 Å². The summed E-state index contributed by atoms with van der Waals surface area (Å²) < 4.78 is 0. The topological polar surface area (TPSA) is 78.5 Å². The third-order valence-electron chi connectivity index (χ3n) is 5.48. The first-order valence-electron chi connectivity index (χ1n) is 8.92. The monoisotopic (exact) mass is 343 g/mol. The molecule has 3 rings (SSSR count). The van der Waals surface area contributed by atoms with E-state index < -0.39 is 11.6 Å². The van der Waals surface area contributed by atoms with Crippen LogP contribution in [0.5, 0.6) is 0 Å². The molecule has 4 amide bonds. The Labute approximate surface area is 148 Å². The van der Waals surface area contributed by atoms with Crippen LogP contribution in [0.1, 0.15) is 51.1 Å². The first-order valence-corrected chi connectivity index (χ1v) is 8.92. The molecule has 2 aliphatic rings. The Kier molecular flexibility index (Phi) is 4.79. The molecule has 1 spiro atoms. The van der Waals surface area contributed by atoms with Gasteiger partial charge in [-0.15, -0.1) is 0 Å². The van der Waals surface area contributed by atoms with Gasteiger partial charge < -0.3 is 10.6 Å². The van der Waals surface area contributed by atoms with Gasteiger partial charge in [-0.1, -0.05) is 50.1 Å². The molecule has 3 atom stereocenters. The highest BCUT2D eigenvalue weighted by Gasteiger charge is 2.55. The normalized spacial score (nSPS) is 27.3. The maximum Gasteiger partial charge on any atom is 0.325 e. The second kappa shape index (κ2) is 6.86. The van der Waals surface area contributed by atoms with E-state index in [1.54, 1.807) is 0 Å². The number of rotatable bonds is 4. The maximum absolute atomic E-state index is 12.9. The number of imide groups is 1. The highest BCUT2D eigenvalue weighted by Crippen LogP contribution is 2.38. The summed E-state index contributed by atoms with van der Waals surface area (Å²) in [6.45, 7) is 3.64. The van der Waals surface area contributed by atoms with Crippen LogP contribution < -0.4 is 10.6 Å². The fourth-order valence-corrected chi connectivity index (χ4v) is 3.89. The van der Waals surface area contributed by atoms with E-state index in [1.165, 1.54) is 0 Å². The van der Waals surface area contributed by atoms with E-state index in [9.17, 15) is 14.4 Å². The molecule has 0 aromatic heterocycles. The van der Waals surface area contributed by atoms with Gasteiger partial charge in [0.15, 0.2) is 0 Å². The van der Waals surface area contributed by atoms with Crippen molar-refractivity contribution in [2.24, 2.45) is 5.92 Å². The summed E-state index contributed by atoms with van der Waals surface area (Å²) in [5, 5.41) is 5.72. The molecule has 0 unspecified atom stereocenters. The lowest BCUT2D eigenvalue weighted by atomic mass is 9.73. The van der Waals surface area contributed by atoms with Crippen molar-refractivity contribution in [1.82, 2.24) is 15.5 Å². The van der Waals surface area contributed by atoms with Crippen LogP contribution in [0.3, 0.4) is 0 Å². The average Bonchev–Trinajstić information content (AvgIpc) is 2.83. The summed E-state index contributed by atoms with van der Waals surface area (Å²) >= 11 is 0. The Morgan fingerprint density at radius 3 is 2.72 bits per heavy atom. The Balaban J connectivity index is 1.65. The van der Waals surface area contributed by atoms with Crippen molar-refractivity contribution >= 4 is 17.8 Å². The molecule has 6 nitrogen and oxygen atoms in total. The van der Waals surface area contributed by atoms with Gasteiger partial charge in [0.25, 0.3) is 5.91 Å². The van der Waals surface area contributed by atoms with Crippen molar-refractivity contribution in [3.05, 3.63) is 35.9 Å². The van der Waals surface area contributed by atoms with Crippen LogP contribution in [-0.4, -0.2) is 34.8 Å². The summed E-state index contributed by atoms with van der Waals surface area (Å²) in [7, 11) is 0. The van der Waals surface area contributed by atoms with Crippen molar-refractivity contribution in [1.29, 1.82) is 0 Å². The number of amides is 4. The molecule has 2 N–H and O–H groups in total. The third kappa shape index (κ3) is 3.25. The number of urea groups is 1. The van der Waals surface area contributed by atoms with Crippen molar-refractivity contribution in [2.75, 3.05) is 6.54 Å². The van der Waals surface area contributed by atoms with Gasteiger partial charge in [0.2, 0.25) is 5.91 Å². The number of hydrogen-bond acceptors (Lipinski definition) is 3. The lowest BCUT2D eigenvalue weighted by Crippen LogP contribution is -2.54. The molecule has 1 heterocycles. The number of benzene rings is 1. The summed E-state index contributed by atoms with van der Waals surface area (Å²) in [6, 6.07) is 8.94. The second-order valence-electron chi connectivity index (χ2n) is 7.14. The molecule has 1 saturated heterocycles. The van der Waals surface area contributed by atoms with Crippen LogP contribution in [0.15, 0.2) is 30.3 Å². The molecular formula is C19H25N3O3. The first-order chi connectivity index (χ1) is 11.9. The van der Waals surface area contributed by atoms with Crippen molar-refractivity contribution in [2.45, 2.75) is 51.1 Å². The second-order valence-corrected chi connectivity index (χ2v) is 7.14. The summed E-state index contributed by atoms with van der Waals surface area (Å²) in [6.07, 6.45) is 3.55. The predicted molar refractivity (Wildman–Crippen MR) is 93.6 cm³/mol. The zero-order valence-corrected chi connectivity index (χ0v) is 14.7. The van der Waals surface area contributed by atoms with E-state index in [0.29, 0.717) is 6.42 Å². The standard InChI is InChI=1S/C19H25N3O3/c1-13-8-6-7-11-19(13)17(24)22(18(25)21-19)12-16(23)20-14(2)15-9-4-3-5-10-15/h3-5,9-10,13-14H,6-8,11-12H2,1-2H3,(H,20,23)(H,21,25)/t13-,14-,19+/m0/s1. The quantitative estimate of drug-likeness (QED) is 0.824. The highest BCUT2D eigenvalue weighted by molar-refractivity contribution is 6.09. The number of carbonyl (C=O) groups is 3. The molecule has 134 valence electrons. The third-order valence-corrected chi connectivity index (χ3v) is 5.48. The molecule has 1 aromatic rings. The van der Waals surface area contributed by atoms with Gasteiger partial charge in [0, 0.05) is 0 Å². The molecule has 1 saturated carbocycles. The lowest BCUT2D eigenvalue weighted by Gasteiger charge is -2.36. The van der Waals surface area contributed by atoms with Crippen LogP contribution in [0.25, 0.3) is 0 Å². The summed E-state index contributed by atoms with van der Waals surface area (Å²) in [4.78, 5) is 38.6. The van der Waals surface area contributed by atoms with E-state index in [0.717, 1.165) is 29.7 Å². The van der Waals surface area contributed by atoms with Crippen molar-refractivity contribution in [3.63, 3.8) is 0 Å². The summed E-state index contributed by atoms with van der Waals surface area (Å²) in [5.74, 6) is -0.499. The molecule has 1 aliphatic carbocycles. The highest BCUT2D eigenvalue weighted by atomic mass is 16.2. The van der Waals surface area contributed by atoms with Crippen LogP contribution in [0, 0.1) is 5.92 Å². The minimum atomic E-state index is -0.819. The number of nitrogens with one attached hydrogen (secondary N) is 2. The molecule has 2 fully saturated rings. The van der Waals surface area contributed by atoms with Gasteiger partial charge in [-0.25, -0.2) is 4.79 Å².